The molecule has 0 radical (unpaired) electrons. The number of carbonyl (C=O) groups is 1. The van der Waals surface area contributed by atoms with Gasteiger partial charge in [-0.15, -0.1) is 0 Å². The van der Waals surface area contributed by atoms with Gasteiger partial charge in [0, 0.05) is 6.42 Å². The molecule has 0 atom stereocenters. The molecule has 60 valence electrons. The van der Waals surface area contributed by atoms with E-state index in [0.29, 0.717) is 12.2 Å². The average Bonchev–Trinajstić information content (AvgIpc) is 2.50. The van der Waals surface area contributed by atoms with Gasteiger partial charge in [-0.25, -0.2) is 4.79 Å². The summed E-state index contributed by atoms with van der Waals surface area (Å²) in [5, 5.41) is 3.52. The van der Waals surface area contributed by atoms with Crippen LogP contribution < -0.4 is 0 Å². The van der Waals surface area contributed by atoms with Crippen molar-refractivity contribution >= 4 is 5.97 Å². The standard InChI is InChI=1S/C6H8N2O3/c1-3-4-7-5(11-8-4)6(9)10-2/h3H2,1-2H3. The maximum Gasteiger partial charge on any atom is 0.397 e. The van der Waals surface area contributed by atoms with Gasteiger partial charge in [-0.2, -0.15) is 4.98 Å². The van der Waals surface area contributed by atoms with E-state index in [2.05, 4.69) is 19.4 Å². The molecule has 0 bridgehead atoms. The summed E-state index contributed by atoms with van der Waals surface area (Å²) in [4.78, 5) is 14.5. The van der Waals surface area contributed by atoms with E-state index in [1.54, 1.807) is 0 Å². The molecule has 0 saturated heterocycles. The zero-order valence-corrected chi connectivity index (χ0v) is 6.33. The van der Waals surface area contributed by atoms with Crippen molar-refractivity contribution in [3.05, 3.63) is 11.7 Å². The Bertz CT molecular complexity index is 256. The second-order valence-electron chi connectivity index (χ2n) is 1.86. The van der Waals surface area contributed by atoms with Gasteiger partial charge in [-0.3, -0.25) is 0 Å². The van der Waals surface area contributed by atoms with Gasteiger partial charge >= 0.3 is 11.9 Å². The van der Waals surface area contributed by atoms with Gasteiger partial charge in [0.15, 0.2) is 5.82 Å². The van der Waals surface area contributed by atoms with Gasteiger partial charge in [0.2, 0.25) is 0 Å². The van der Waals surface area contributed by atoms with E-state index < -0.39 is 5.97 Å². The zero-order valence-electron chi connectivity index (χ0n) is 6.33. The normalized spacial score (nSPS) is 9.64. The summed E-state index contributed by atoms with van der Waals surface area (Å²) in [6.07, 6.45) is 0.639. The second-order valence-corrected chi connectivity index (χ2v) is 1.86. The molecule has 1 aromatic rings. The molecule has 0 saturated carbocycles. The molecule has 0 unspecified atom stereocenters. The fourth-order valence-electron chi connectivity index (χ4n) is 0.568. The Balaban J connectivity index is 2.80. The number of methoxy groups -OCH3 is 1. The van der Waals surface area contributed by atoms with Crippen LogP contribution in [0, 0.1) is 0 Å². The Kier molecular flexibility index (Phi) is 2.20. The lowest BCUT2D eigenvalue weighted by Crippen LogP contribution is -2.01. The number of aromatic nitrogens is 2. The smallest absolute Gasteiger partial charge is 0.397 e. The number of aryl methyl sites for hydroxylation is 1. The van der Waals surface area contributed by atoms with Crippen molar-refractivity contribution in [3.63, 3.8) is 0 Å². The lowest BCUT2D eigenvalue weighted by Gasteiger charge is -1.87. The number of rotatable bonds is 2. The molecule has 11 heavy (non-hydrogen) atoms. The van der Waals surface area contributed by atoms with Crippen LogP contribution in [0.1, 0.15) is 23.4 Å². The summed E-state index contributed by atoms with van der Waals surface area (Å²) in [6.45, 7) is 1.87. The molecule has 0 amide bonds. The first-order valence-electron chi connectivity index (χ1n) is 3.18. The van der Waals surface area contributed by atoms with E-state index in [1.807, 2.05) is 6.92 Å². The maximum absolute atomic E-state index is 10.7. The Morgan fingerprint density at radius 2 is 2.45 bits per heavy atom. The van der Waals surface area contributed by atoms with Crippen LogP contribution in [0.4, 0.5) is 0 Å². The van der Waals surface area contributed by atoms with Crippen LogP contribution >= 0.6 is 0 Å². The fourth-order valence-corrected chi connectivity index (χ4v) is 0.568. The summed E-state index contributed by atoms with van der Waals surface area (Å²) < 4.78 is 8.93. The quantitative estimate of drug-likeness (QED) is 0.580. The number of nitrogens with zero attached hydrogens (tertiary/aromatic N) is 2. The van der Waals surface area contributed by atoms with Crippen molar-refractivity contribution in [3.8, 4) is 0 Å². The molecular formula is C6H8N2O3. The van der Waals surface area contributed by atoms with Gasteiger partial charge in [0.05, 0.1) is 7.11 Å². The molecule has 0 N–H and O–H groups in total. The monoisotopic (exact) mass is 156 g/mol. The van der Waals surface area contributed by atoms with Crippen molar-refractivity contribution < 1.29 is 14.1 Å². The van der Waals surface area contributed by atoms with E-state index >= 15 is 0 Å². The molecule has 1 aromatic heterocycles. The highest BCUT2D eigenvalue weighted by Crippen LogP contribution is 1.98. The Labute approximate surface area is 63.4 Å². The summed E-state index contributed by atoms with van der Waals surface area (Å²) in [6, 6.07) is 0. The Morgan fingerprint density at radius 1 is 1.73 bits per heavy atom. The minimum atomic E-state index is -0.600. The van der Waals surface area contributed by atoms with E-state index in [4.69, 9.17) is 0 Å². The van der Waals surface area contributed by atoms with Crippen LogP contribution in [0.15, 0.2) is 4.52 Å². The third kappa shape index (κ3) is 1.54. The number of hydrogen-bond acceptors (Lipinski definition) is 5. The third-order valence-electron chi connectivity index (χ3n) is 1.14. The molecule has 0 aliphatic heterocycles. The lowest BCUT2D eigenvalue weighted by molar-refractivity contribution is 0.0545. The summed E-state index contributed by atoms with van der Waals surface area (Å²) in [5.74, 6) is -0.188. The van der Waals surface area contributed by atoms with Crippen molar-refractivity contribution in [2.45, 2.75) is 13.3 Å². The summed E-state index contributed by atoms with van der Waals surface area (Å²) in [7, 11) is 1.26. The number of hydrogen-bond donors (Lipinski definition) is 0. The molecule has 5 heteroatoms. The van der Waals surface area contributed by atoms with Gasteiger partial charge in [0.1, 0.15) is 0 Å². The Hall–Kier alpha value is -1.39. The number of carbonyl (C=O) groups excluding carboxylic acids is 1. The zero-order chi connectivity index (χ0) is 8.27. The molecule has 0 aromatic carbocycles. The van der Waals surface area contributed by atoms with Crippen LogP contribution in [-0.2, 0) is 11.2 Å². The molecule has 1 rings (SSSR count). The summed E-state index contributed by atoms with van der Waals surface area (Å²) >= 11 is 0. The summed E-state index contributed by atoms with van der Waals surface area (Å²) in [5.41, 5.74) is 0. The number of ether oxygens (including phenoxy) is 1. The van der Waals surface area contributed by atoms with Crippen LogP contribution in [-0.4, -0.2) is 23.2 Å². The van der Waals surface area contributed by atoms with E-state index in [0.717, 1.165) is 0 Å². The van der Waals surface area contributed by atoms with Gasteiger partial charge in [-0.05, 0) is 0 Å². The fraction of sp³-hybridized carbons (Fsp3) is 0.500. The molecule has 5 nitrogen and oxygen atoms in total. The van der Waals surface area contributed by atoms with Crippen molar-refractivity contribution in [2.75, 3.05) is 7.11 Å². The Morgan fingerprint density at radius 3 is 2.91 bits per heavy atom. The first-order valence-corrected chi connectivity index (χ1v) is 3.18. The van der Waals surface area contributed by atoms with Gasteiger partial charge in [-0.1, -0.05) is 12.1 Å². The SMILES string of the molecule is CCc1noc(C(=O)OC)n1. The minimum absolute atomic E-state index is 0.0932. The maximum atomic E-state index is 10.7. The second kappa shape index (κ2) is 3.14. The topological polar surface area (TPSA) is 65.2 Å². The predicted octanol–water partition coefficient (Wildman–Crippen LogP) is 0.419. The van der Waals surface area contributed by atoms with Crippen LogP contribution in [0.3, 0.4) is 0 Å². The van der Waals surface area contributed by atoms with Crippen molar-refractivity contribution in [2.24, 2.45) is 0 Å². The molecular weight excluding hydrogens is 148 g/mol. The highest BCUT2D eigenvalue weighted by molar-refractivity contribution is 5.83. The predicted molar refractivity (Wildman–Crippen MR) is 35.0 cm³/mol. The van der Waals surface area contributed by atoms with E-state index in [9.17, 15) is 4.79 Å². The first kappa shape index (κ1) is 7.71. The number of esters is 1. The largest absolute Gasteiger partial charge is 0.462 e. The van der Waals surface area contributed by atoms with Crippen LogP contribution in [0.25, 0.3) is 0 Å². The molecule has 0 aliphatic carbocycles. The highest BCUT2D eigenvalue weighted by atomic mass is 16.6. The molecule has 0 aliphatic rings. The van der Waals surface area contributed by atoms with E-state index in [-0.39, 0.29) is 5.89 Å². The average molecular weight is 156 g/mol. The molecule has 0 spiro atoms. The van der Waals surface area contributed by atoms with Crippen molar-refractivity contribution in [1.29, 1.82) is 0 Å². The van der Waals surface area contributed by atoms with Crippen LogP contribution in [0.5, 0.6) is 0 Å². The third-order valence-corrected chi connectivity index (χ3v) is 1.14. The molecule has 1 heterocycles. The molecule has 0 fully saturated rings. The van der Waals surface area contributed by atoms with Gasteiger partial charge < -0.3 is 9.26 Å². The highest BCUT2D eigenvalue weighted by Gasteiger charge is 2.13. The van der Waals surface area contributed by atoms with Crippen molar-refractivity contribution in [1.82, 2.24) is 10.1 Å². The minimum Gasteiger partial charge on any atom is -0.462 e. The van der Waals surface area contributed by atoms with Gasteiger partial charge in [0.25, 0.3) is 0 Å². The lowest BCUT2D eigenvalue weighted by atomic mass is 10.5. The first-order chi connectivity index (χ1) is 5.27. The van der Waals surface area contributed by atoms with Crippen LogP contribution in [0.2, 0.25) is 0 Å². The van der Waals surface area contributed by atoms with E-state index in [1.165, 1.54) is 7.11 Å².